The largest absolute Gasteiger partial charge is 0.505 e. The molecule has 1 aliphatic rings. The zero-order valence-corrected chi connectivity index (χ0v) is 16.3. The van der Waals surface area contributed by atoms with E-state index < -0.39 is 11.6 Å². The number of carboxylic acids is 1. The maximum atomic E-state index is 12.1. The van der Waals surface area contributed by atoms with E-state index in [9.17, 15) is 14.7 Å². The lowest BCUT2D eigenvalue weighted by atomic mass is 10.1. The lowest BCUT2D eigenvalue weighted by Gasteiger charge is -2.35. The molecule has 2 heterocycles. The first-order chi connectivity index (χ1) is 12.7. The van der Waals surface area contributed by atoms with Crippen LogP contribution in [0.1, 0.15) is 49.8 Å². The van der Waals surface area contributed by atoms with Crippen molar-refractivity contribution in [1.82, 2.24) is 14.8 Å². The number of amides is 1. The minimum atomic E-state index is -1.22. The Hall–Kier alpha value is -2.35. The van der Waals surface area contributed by atoms with Gasteiger partial charge in [0.25, 0.3) is 0 Å². The van der Waals surface area contributed by atoms with Crippen LogP contribution >= 0.6 is 0 Å². The summed E-state index contributed by atoms with van der Waals surface area (Å²) in [4.78, 5) is 31.1. The summed E-state index contributed by atoms with van der Waals surface area (Å²) in [5.41, 5.74) is -0.109. The van der Waals surface area contributed by atoms with Crippen molar-refractivity contribution < 1.29 is 24.5 Å². The minimum Gasteiger partial charge on any atom is -0.505 e. The summed E-state index contributed by atoms with van der Waals surface area (Å²) in [6.45, 7) is 9.48. The summed E-state index contributed by atoms with van der Waals surface area (Å²) in [7, 11) is 0. The van der Waals surface area contributed by atoms with Crippen LogP contribution in [0.4, 0.5) is 4.79 Å². The first kappa shape index (κ1) is 21.0. The van der Waals surface area contributed by atoms with Crippen molar-refractivity contribution in [2.45, 2.75) is 45.6 Å². The van der Waals surface area contributed by atoms with Gasteiger partial charge in [-0.2, -0.15) is 0 Å². The number of carbonyl (C=O) groups is 2. The number of aromatic carboxylic acids is 1. The first-order valence-electron chi connectivity index (χ1n) is 9.28. The van der Waals surface area contributed by atoms with E-state index in [0.29, 0.717) is 25.2 Å². The van der Waals surface area contributed by atoms with E-state index in [2.05, 4.69) is 9.88 Å². The highest BCUT2D eigenvalue weighted by atomic mass is 16.6. The Morgan fingerprint density at radius 2 is 1.81 bits per heavy atom. The number of rotatable bonds is 6. The fraction of sp³-hybridized carbons (Fsp3) is 0.632. The first-order valence-corrected chi connectivity index (χ1v) is 9.28. The van der Waals surface area contributed by atoms with Gasteiger partial charge >= 0.3 is 12.1 Å². The molecule has 0 atom stereocenters. The van der Waals surface area contributed by atoms with Gasteiger partial charge in [0.1, 0.15) is 11.4 Å². The highest BCUT2D eigenvalue weighted by Crippen LogP contribution is 2.16. The molecular formula is C19H29N3O5. The van der Waals surface area contributed by atoms with Gasteiger partial charge in [0.15, 0.2) is 5.69 Å². The molecule has 1 aromatic heterocycles. The van der Waals surface area contributed by atoms with Crippen molar-refractivity contribution in [2.75, 3.05) is 32.7 Å². The zero-order valence-electron chi connectivity index (χ0n) is 16.3. The number of carbonyl (C=O) groups excluding carboxylic acids is 1. The van der Waals surface area contributed by atoms with E-state index in [1.54, 1.807) is 11.0 Å². The summed E-state index contributed by atoms with van der Waals surface area (Å²) in [6, 6.07) is 3.03. The van der Waals surface area contributed by atoms with Crippen LogP contribution in [0.5, 0.6) is 5.75 Å². The summed E-state index contributed by atoms with van der Waals surface area (Å²) >= 11 is 0. The maximum Gasteiger partial charge on any atom is 0.410 e. The molecule has 0 spiro atoms. The van der Waals surface area contributed by atoms with E-state index in [0.717, 1.165) is 32.5 Å². The molecular weight excluding hydrogens is 350 g/mol. The van der Waals surface area contributed by atoms with Crippen molar-refractivity contribution >= 4 is 12.1 Å². The fourth-order valence-electron chi connectivity index (χ4n) is 2.91. The summed E-state index contributed by atoms with van der Waals surface area (Å²) in [5.74, 6) is -1.54. The van der Waals surface area contributed by atoms with E-state index >= 15 is 0 Å². The number of aromatic hydroxyl groups is 1. The summed E-state index contributed by atoms with van der Waals surface area (Å²) < 4.78 is 5.40. The van der Waals surface area contributed by atoms with Crippen LogP contribution in [-0.4, -0.2) is 75.4 Å². The van der Waals surface area contributed by atoms with Crippen LogP contribution in [0.3, 0.4) is 0 Å². The minimum absolute atomic E-state index is 0.255. The predicted octanol–water partition coefficient (Wildman–Crippen LogP) is 2.36. The van der Waals surface area contributed by atoms with Gasteiger partial charge in [-0.05, 0) is 58.7 Å². The second-order valence-electron chi connectivity index (χ2n) is 7.74. The zero-order chi connectivity index (χ0) is 20.0. The third kappa shape index (κ3) is 6.71. The van der Waals surface area contributed by atoms with Gasteiger partial charge in [-0.1, -0.05) is 0 Å². The second kappa shape index (κ2) is 9.03. The smallest absolute Gasteiger partial charge is 0.410 e. The quantitative estimate of drug-likeness (QED) is 0.731. The average Bonchev–Trinajstić information content (AvgIpc) is 2.58. The number of aryl methyl sites for hydroxylation is 1. The Kier molecular flexibility index (Phi) is 7.01. The predicted molar refractivity (Wildman–Crippen MR) is 100 cm³/mol. The number of nitrogens with zero attached hydrogens (tertiary/aromatic N) is 3. The Morgan fingerprint density at radius 1 is 1.15 bits per heavy atom. The molecule has 0 radical (unpaired) electrons. The van der Waals surface area contributed by atoms with Gasteiger partial charge in [-0.3, -0.25) is 4.90 Å². The van der Waals surface area contributed by atoms with Crippen LogP contribution in [0.15, 0.2) is 12.1 Å². The number of carboxylic acid groups (broad SMARTS) is 1. The molecule has 2 N–H and O–H groups in total. The second-order valence-corrected chi connectivity index (χ2v) is 7.74. The van der Waals surface area contributed by atoms with Crippen LogP contribution < -0.4 is 0 Å². The van der Waals surface area contributed by atoms with Crippen molar-refractivity contribution in [3.8, 4) is 5.75 Å². The number of pyridine rings is 1. The van der Waals surface area contributed by atoms with Gasteiger partial charge < -0.3 is 19.8 Å². The van der Waals surface area contributed by atoms with E-state index in [1.807, 2.05) is 20.8 Å². The standard InChI is InChI=1S/C19H29N3O5/c1-19(2,3)27-18(26)22-12-10-21(11-13-22)9-5-4-6-14-7-8-15(23)16(20-14)17(24)25/h7-8,23H,4-6,9-13H2,1-3H3,(H,24,25). The Bertz CT molecular complexity index is 664. The third-order valence-electron chi connectivity index (χ3n) is 4.32. The topological polar surface area (TPSA) is 103 Å². The monoisotopic (exact) mass is 379 g/mol. The lowest BCUT2D eigenvalue weighted by Crippen LogP contribution is -2.50. The number of piperazine rings is 1. The van der Waals surface area contributed by atoms with Crippen molar-refractivity contribution in [2.24, 2.45) is 0 Å². The molecule has 27 heavy (non-hydrogen) atoms. The highest BCUT2D eigenvalue weighted by molar-refractivity contribution is 5.88. The molecule has 1 aliphatic heterocycles. The lowest BCUT2D eigenvalue weighted by molar-refractivity contribution is 0.0144. The summed E-state index contributed by atoms with van der Waals surface area (Å²) in [6.07, 6.45) is 2.24. The maximum absolute atomic E-state index is 12.1. The molecule has 0 aromatic carbocycles. The molecule has 2 rings (SSSR count). The van der Waals surface area contributed by atoms with Gasteiger partial charge in [0.05, 0.1) is 0 Å². The van der Waals surface area contributed by atoms with Crippen molar-refractivity contribution in [1.29, 1.82) is 0 Å². The normalized spacial score (nSPS) is 15.6. The fourth-order valence-corrected chi connectivity index (χ4v) is 2.91. The number of hydrogen-bond acceptors (Lipinski definition) is 6. The summed E-state index contributed by atoms with van der Waals surface area (Å²) in [5, 5.41) is 18.5. The SMILES string of the molecule is CC(C)(C)OC(=O)N1CCN(CCCCc2ccc(O)c(C(=O)O)n2)CC1. The van der Waals surface area contributed by atoms with Gasteiger partial charge in [0.2, 0.25) is 0 Å². The Morgan fingerprint density at radius 3 is 2.41 bits per heavy atom. The van der Waals surface area contributed by atoms with Crippen LogP contribution in [0.25, 0.3) is 0 Å². The van der Waals surface area contributed by atoms with E-state index in [4.69, 9.17) is 9.84 Å². The molecule has 8 nitrogen and oxygen atoms in total. The molecule has 1 aromatic rings. The van der Waals surface area contributed by atoms with Gasteiger partial charge in [-0.15, -0.1) is 0 Å². The molecule has 1 saturated heterocycles. The molecule has 1 amide bonds. The third-order valence-corrected chi connectivity index (χ3v) is 4.32. The van der Waals surface area contributed by atoms with Crippen molar-refractivity contribution in [3.63, 3.8) is 0 Å². The molecule has 8 heteroatoms. The van der Waals surface area contributed by atoms with Crippen LogP contribution in [0.2, 0.25) is 0 Å². The molecule has 0 unspecified atom stereocenters. The molecule has 0 saturated carbocycles. The molecule has 1 fully saturated rings. The highest BCUT2D eigenvalue weighted by Gasteiger charge is 2.25. The molecule has 0 aliphatic carbocycles. The molecule has 0 bridgehead atoms. The van der Waals surface area contributed by atoms with Crippen LogP contribution in [-0.2, 0) is 11.2 Å². The number of aromatic nitrogens is 1. The van der Waals surface area contributed by atoms with Gasteiger partial charge in [-0.25, -0.2) is 14.6 Å². The number of unbranched alkanes of at least 4 members (excludes halogenated alkanes) is 1. The number of ether oxygens (including phenoxy) is 1. The van der Waals surface area contributed by atoms with E-state index in [1.165, 1.54) is 6.07 Å². The Labute approximate surface area is 159 Å². The van der Waals surface area contributed by atoms with Gasteiger partial charge in [0, 0.05) is 31.9 Å². The average molecular weight is 379 g/mol. The van der Waals surface area contributed by atoms with E-state index in [-0.39, 0.29) is 17.5 Å². The number of hydrogen-bond donors (Lipinski definition) is 2. The van der Waals surface area contributed by atoms with Crippen LogP contribution in [0, 0.1) is 0 Å². The van der Waals surface area contributed by atoms with Crippen molar-refractivity contribution in [3.05, 3.63) is 23.5 Å². The molecule has 150 valence electrons. The Balaban J connectivity index is 1.68.